The highest BCUT2D eigenvalue weighted by Gasteiger charge is 1.97. The lowest BCUT2D eigenvalue weighted by Gasteiger charge is -1.97. The molecule has 0 aliphatic carbocycles. The van der Waals surface area contributed by atoms with E-state index in [-0.39, 0.29) is 5.82 Å². The molecule has 0 fully saturated rings. The van der Waals surface area contributed by atoms with Crippen molar-refractivity contribution in [3.63, 3.8) is 0 Å². The Morgan fingerprint density at radius 2 is 2.23 bits per heavy atom. The first kappa shape index (κ1) is 10.4. The molecule has 0 bridgehead atoms. The molecule has 1 nitrogen and oxygen atoms in total. The van der Waals surface area contributed by atoms with Gasteiger partial charge in [0.25, 0.3) is 0 Å². The van der Waals surface area contributed by atoms with E-state index < -0.39 is 6.10 Å². The molecule has 0 amide bonds. The van der Waals surface area contributed by atoms with Gasteiger partial charge in [0.15, 0.2) is 0 Å². The monoisotopic (exact) mass is 244 g/mol. The molecule has 1 unspecified atom stereocenters. The van der Waals surface area contributed by atoms with Gasteiger partial charge < -0.3 is 5.11 Å². The highest BCUT2D eigenvalue weighted by molar-refractivity contribution is 9.10. The van der Waals surface area contributed by atoms with E-state index in [2.05, 4.69) is 15.9 Å². The second-order valence-corrected chi connectivity index (χ2v) is 3.63. The molecule has 1 atom stereocenters. The standard InChI is InChI=1S/C10H10BrFO/c1-7(13)2-3-8-4-5-10(12)9(11)6-8/h2-7,13H,1H3/b3-2+. The fourth-order valence-electron chi connectivity index (χ4n) is 0.866. The Balaban J connectivity index is 2.85. The van der Waals surface area contributed by atoms with Gasteiger partial charge in [0, 0.05) is 0 Å². The van der Waals surface area contributed by atoms with Crippen LogP contribution < -0.4 is 0 Å². The molecule has 1 aromatic carbocycles. The predicted molar refractivity (Wildman–Crippen MR) is 54.8 cm³/mol. The maximum absolute atomic E-state index is 12.8. The van der Waals surface area contributed by atoms with Gasteiger partial charge in [-0.15, -0.1) is 0 Å². The zero-order valence-corrected chi connectivity index (χ0v) is 8.75. The molecule has 0 spiro atoms. The maximum atomic E-state index is 12.8. The number of hydrogen-bond acceptors (Lipinski definition) is 1. The van der Waals surface area contributed by atoms with E-state index in [1.807, 2.05) is 0 Å². The molecule has 0 saturated heterocycles. The van der Waals surface area contributed by atoms with Crippen molar-refractivity contribution in [3.8, 4) is 0 Å². The van der Waals surface area contributed by atoms with Crippen LogP contribution in [0.2, 0.25) is 0 Å². The Bertz CT molecular complexity index is 321. The first-order valence-electron chi connectivity index (χ1n) is 3.91. The van der Waals surface area contributed by atoms with Crippen LogP contribution in [0.3, 0.4) is 0 Å². The highest BCUT2D eigenvalue weighted by Crippen LogP contribution is 2.17. The minimum Gasteiger partial charge on any atom is -0.389 e. The van der Waals surface area contributed by atoms with Crippen LogP contribution in [0.15, 0.2) is 28.7 Å². The molecule has 0 aromatic heterocycles. The molecule has 70 valence electrons. The van der Waals surface area contributed by atoms with E-state index in [0.717, 1.165) is 5.56 Å². The maximum Gasteiger partial charge on any atom is 0.137 e. The van der Waals surface area contributed by atoms with Crippen LogP contribution in [-0.2, 0) is 0 Å². The number of aliphatic hydroxyl groups is 1. The van der Waals surface area contributed by atoms with Crippen LogP contribution >= 0.6 is 15.9 Å². The first-order chi connectivity index (χ1) is 6.09. The van der Waals surface area contributed by atoms with Gasteiger partial charge in [0.05, 0.1) is 10.6 Å². The van der Waals surface area contributed by atoms with E-state index in [1.54, 1.807) is 31.2 Å². The quantitative estimate of drug-likeness (QED) is 0.849. The van der Waals surface area contributed by atoms with E-state index in [9.17, 15) is 4.39 Å². The number of benzene rings is 1. The summed E-state index contributed by atoms with van der Waals surface area (Å²) in [5, 5.41) is 8.96. The minimum atomic E-state index is -0.483. The molecular weight excluding hydrogens is 235 g/mol. The van der Waals surface area contributed by atoms with Gasteiger partial charge in [-0.2, -0.15) is 0 Å². The van der Waals surface area contributed by atoms with E-state index >= 15 is 0 Å². The van der Waals surface area contributed by atoms with Gasteiger partial charge in [-0.25, -0.2) is 4.39 Å². The van der Waals surface area contributed by atoms with Crippen LogP contribution in [0.5, 0.6) is 0 Å². The van der Waals surface area contributed by atoms with Crippen molar-refractivity contribution in [3.05, 3.63) is 40.1 Å². The zero-order chi connectivity index (χ0) is 9.84. The third kappa shape index (κ3) is 3.28. The fraction of sp³-hybridized carbons (Fsp3) is 0.200. The Morgan fingerprint density at radius 3 is 2.77 bits per heavy atom. The van der Waals surface area contributed by atoms with Gasteiger partial charge >= 0.3 is 0 Å². The Labute approximate surface area is 85.0 Å². The summed E-state index contributed by atoms with van der Waals surface area (Å²) in [5.74, 6) is -0.283. The van der Waals surface area contributed by atoms with Gasteiger partial charge in [-0.3, -0.25) is 0 Å². The largest absolute Gasteiger partial charge is 0.389 e. The molecule has 1 rings (SSSR count). The summed E-state index contributed by atoms with van der Waals surface area (Å²) in [6.45, 7) is 1.66. The molecule has 0 aliphatic rings. The van der Waals surface area contributed by atoms with E-state index in [1.165, 1.54) is 6.07 Å². The van der Waals surface area contributed by atoms with E-state index in [0.29, 0.717) is 4.47 Å². The summed E-state index contributed by atoms with van der Waals surface area (Å²) in [5.41, 5.74) is 0.856. The van der Waals surface area contributed by atoms with Crippen LogP contribution in [0, 0.1) is 5.82 Å². The average molecular weight is 245 g/mol. The second-order valence-electron chi connectivity index (χ2n) is 2.77. The van der Waals surface area contributed by atoms with Crippen LogP contribution in [0.25, 0.3) is 6.08 Å². The average Bonchev–Trinajstić information content (AvgIpc) is 2.07. The Kier molecular flexibility index (Phi) is 3.63. The summed E-state index contributed by atoms with van der Waals surface area (Å²) in [6.07, 6.45) is 2.90. The molecule has 0 radical (unpaired) electrons. The number of rotatable bonds is 2. The number of halogens is 2. The summed E-state index contributed by atoms with van der Waals surface area (Å²) >= 11 is 3.08. The lowest BCUT2D eigenvalue weighted by Crippen LogP contribution is -1.91. The van der Waals surface area contributed by atoms with Gasteiger partial charge in [0.2, 0.25) is 0 Å². The molecule has 3 heteroatoms. The van der Waals surface area contributed by atoms with Gasteiger partial charge in [0.1, 0.15) is 5.82 Å². The molecule has 1 N–H and O–H groups in total. The van der Waals surface area contributed by atoms with Gasteiger partial charge in [-0.1, -0.05) is 18.2 Å². The van der Waals surface area contributed by atoms with Gasteiger partial charge in [-0.05, 0) is 40.5 Å². The first-order valence-corrected chi connectivity index (χ1v) is 4.70. The van der Waals surface area contributed by atoms with Crippen LogP contribution in [0.1, 0.15) is 12.5 Å². The summed E-state index contributed by atoms with van der Waals surface area (Å²) in [4.78, 5) is 0. The Morgan fingerprint density at radius 1 is 1.54 bits per heavy atom. The lowest BCUT2D eigenvalue weighted by atomic mass is 10.2. The predicted octanol–water partition coefficient (Wildman–Crippen LogP) is 2.98. The lowest BCUT2D eigenvalue weighted by molar-refractivity contribution is 0.245. The minimum absolute atomic E-state index is 0.283. The zero-order valence-electron chi connectivity index (χ0n) is 7.17. The van der Waals surface area contributed by atoms with Crippen molar-refractivity contribution in [1.29, 1.82) is 0 Å². The van der Waals surface area contributed by atoms with E-state index in [4.69, 9.17) is 5.11 Å². The van der Waals surface area contributed by atoms with Crippen molar-refractivity contribution < 1.29 is 9.50 Å². The third-order valence-corrected chi connectivity index (χ3v) is 2.12. The smallest absolute Gasteiger partial charge is 0.137 e. The van der Waals surface area contributed by atoms with Crippen molar-refractivity contribution >= 4 is 22.0 Å². The van der Waals surface area contributed by atoms with Crippen molar-refractivity contribution in [2.75, 3.05) is 0 Å². The molecular formula is C10H10BrFO. The van der Waals surface area contributed by atoms with Crippen molar-refractivity contribution in [2.24, 2.45) is 0 Å². The SMILES string of the molecule is CC(O)/C=C/c1ccc(F)c(Br)c1. The molecule has 0 saturated carbocycles. The van der Waals surface area contributed by atoms with Crippen LogP contribution in [-0.4, -0.2) is 11.2 Å². The second kappa shape index (κ2) is 4.53. The number of hydrogen-bond donors (Lipinski definition) is 1. The van der Waals surface area contributed by atoms with Crippen molar-refractivity contribution in [2.45, 2.75) is 13.0 Å². The van der Waals surface area contributed by atoms with Crippen LogP contribution in [0.4, 0.5) is 4.39 Å². The summed E-state index contributed by atoms with van der Waals surface area (Å²) < 4.78 is 13.2. The molecule has 13 heavy (non-hydrogen) atoms. The summed E-state index contributed by atoms with van der Waals surface area (Å²) in [6, 6.07) is 4.69. The normalized spacial score (nSPS) is 13.5. The highest BCUT2D eigenvalue weighted by atomic mass is 79.9. The third-order valence-electron chi connectivity index (χ3n) is 1.51. The summed E-state index contributed by atoms with van der Waals surface area (Å²) in [7, 11) is 0. The molecule has 0 aliphatic heterocycles. The topological polar surface area (TPSA) is 20.2 Å². The van der Waals surface area contributed by atoms with Crippen molar-refractivity contribution in [1.82, 2.24) is 0 Å². The molecule has 1 aromatic rings. The Hall–Kier alpha value is -0.670. The number of aliphatic hydroxyl groups excluding tert-OH is 1. The fourth-order valence-corrected chi connectivity index (χ4v) is 1.26. The molecule has 0 heterocycles.